The Morgan fingerprint density at radius 3 is 2.19 bits per heavy atom. The number of hydrogen-bond acceptors (Lipinski definition) is 5. The number of benzene rings is 2. The first-order valence-corrected chi connectivity index (χ1v) is 12.2. The molecule has 0 radical (unpaired) electrons. The first-order valence-electron chi connectivity index (χ1n) is 10.8. The summed E-state index contributed by atoms with van der Waals surface area (Å²) in [7, 11) is -1.36. The Labute approximate surface area is 184 Å². The molecule has 0 unspecified atom stereocenters. The second-order valence-electron chi connectivity index (χ2n) is 8.29. The fourth-order valence-electron chi connectivity index (χ4n) is 4.12. The van der Waals surface area contributed by atoms with Gasteiger partial charge in [0.2, 0.25) is 10.0 Å². The van der Waals surface area contributed by atoms with Gasteiger partial charge in [-0.2, -0.15) is 4.31 Å². The summed E-state index contributed by atoms with van der Waals surface area (Å²) in [6, 6.07) is 16.4. The maximum absolute atomic E-state index is 12.9. The number of amides is 1. The zero-order valence-electron chi connectivity index (χ0n) is 18.0. The first-order chi connectivity index (χ1) is 14.9. The van der Waals surface area contributed by atoms with Gasteiger partial charge in [0.25, 0.3) is 5.91 Å². The summed E-state index contributed by atoms with van der Waals surface area (Å²) in [6.45, 7) is 6.32. The molecule has 8 heteroatoms. The highest BCUT2D eigenvalue weighted by atomic mass is 32.2. The van der Waals surface area contributed by atoms with Crippen molar-refractivity contribution < 1.29 is 13.2 Å². The molecule has 0 spiro atoms. The molecule has 2 saturated heterocycles. The lowest BCUT2D eigenvalue weighted by Gasteiger charge is -2.34. The van der Waals surface area contributed by atoms with Crippen molar-refractivity contribution in [2.24, 2.45) is 0 Å². The second kappa shape index (κ2) is 9.48. The topological polar surface area (TPSA) is 64.2 Å². The molecule has 2 aliphatic heterocycles. The average molecular weight is 443 g/mol. The van der Waals surface area contributed by atoms with Gasteiger partial charge in [-0.3, -0.25) is 9.69 Å². The van der Waals surface area contributed by atoms with Crippen LogP contribution in [-0.2, 0) is 16.6 Å². The molecule has 0 aliphatic carbocycles. The molecule has 4 rings (SSSR count). The Bertz CT molecular complexity index is 996. The molecule has 2 aromatic carbocycles. The molecule has 0 aromatic heterocycles. The molecule has 0 saturated carbocycles. The van der Waals surface area contributed by atoms with Crippen LogP contribution in [0.15, 0.2) is 59.5 Å². The minimum atomic E-state index is -3.44. The van der Waals surface area contributed by atoms with Gasteiger partial charge >= 0.3 is 0 Å². The minimum Gasteiger partial charge on any atom is -0.336 e. The molecule has 166 valence electrons. The van der Waals surface area contributed by atoms with Crippen molar-refractivity contribution in [3.8, 4) is 0 Å². The van der Waals surface area contributed by atoms with Gasteiger partial charge in [0, 0.05) is 64.5 Å². The quantitative estimate of drug-likeness (QED) is 0.704. The summed E-state index contributed by atoms with van der Waals surface area (Å²) >= 11 is 0. The Balaban J connectivity index is 1.35. The van der Waals surface area contributed by atoms with Crippen molar-refractivity contribution in [2.45, 2.75) is 11.4 Å². The number of carbonyl (C=O) groups excluding carboxylic acids is 1. The lowest BCUT2D eigenvalue weighted by molar-refractivity contribution is 0.0664. The van der Waals surface area contributed by atoms with E-state index >= 15 is 0 Å². The van der Waals surface area contributed by atoms with Crippen molar-refractivity contribution in [2.75, 3.05) is 59.4 Å². The molecule has 1 amide bonds. The van der Waals surface area contributed by atoms with Crippen LogP contribution in [-0.4, -0.2) is 92.7 Å². The summed E-state index contributed by atoms with van der Waals surface area (Å²) in [5.41, 5.74) is 1.81. The highest BCUT2D eigenvalue weighted by molar-refractivity contribution is 7.89. The lowest BCUT2D eigenvalue weighted by atomic mass is 10.1. The molecule has 0 atom stereocenters. The molecule has 2 aliphatic rings. The zero-order valence-corrected chi connectivity index (χ0v) is 18.8. The van der Waals surface area contributed by atoms with Crippen LogP contribution in [0.1, 0.15) is 15.9 Å². The Hall–Kier alpha value is -2.26. The van der Waals surface area contributed by atoms with Gasteiger partial charge in [-0.15, -0.1) is 0 Å². The number of rotatable bonds is 5. The monoisotopic (exact) mass is 442 g/mol. The van der Waals surface area contributed by atoms with E-state index in [1.54, 1.807) is 28.6 Å². The Morgan fingerprint density at radius 1 is 0.839 bits per heavy atom. The smallest absolute Gasteiger partial charge is 0.253 e. The number of piperazine rings is 2. The number of hydrogen-bond donors (Lipinski definition) is 0. The van der Waals surface area contributed by atoms with Crippen LogP contribution in [0.25, 0.3) is 0 Å². The van der Waals surface area contributed by atoms with Gasteiger partial charge in [0.05, 0.1) is 4.90 Å². The van der Waals surface area contributed by atoms with Crippen LogP contribution < -0.4 is 0 Å². The third kappa shape index (κ3) is 5.15. The molecule has 0 bridgehead atoms. The molecule has 31 heavy (non-hydrogen) atoms. The molecule has 7 nitrogen and oxygen atoms in total. The second-order valence-corrected chi connectivity index (χ2v) is 10.2. The highest BCUT2D eigenvalue weighted by Gasteiger charge is 2.28. The summed E-state index contributed by atoms with van der Waals surface area (Å²) in [4.78, 5) is 19.6. The summed E-state index contributed by atoms with van der Waals surface area (Å²) in [5, 5.41) is 0. The van der Waals surface area contributed by atoms with Gasteiger partial charge in [-0.05, 0) is 36.9 Å². The van der Waals surface area contributed by atoms with E-state index < -0.39 is 10.0 Å². The molecule has 2 heterocycles. The average Bonchev–Trinajstić information content (AvgIpc) is 2.80. The van der Waals surface area contributed by atoms with Crippen molar-refractivity contribution in [3.63, 3.8) is 0 Å². The molecule has 2 fully saturated rings. The summed E-state index contributed by atoms with van der Waals surface area (Å²) in [5.74, 6) is 0.0914. The Morgan fingerprint density at radius 2 is 1.52 bits per heavy atom. The van der Waals surface area contributed by atoms with Crippen molar-refractivity contribution in [1.82, 2.24) is 19.0 Å². The minimum absolute atomic E-state index is 0.0914. The van der Waals surface area contributed by atoms with E-state index in [0.717, 1.165) is 37.3 Å². The van der Waals surface area contributed by atoms with Gasteiger partial charge < -0.3 is 9.80 Å². The van der Waals surface area contributed by atoms with Crippen LogP contribution in [0.3, 0.4) is 0 Å². The van der Waals surface area contributed by atoms with Gasteiger partial charge in [-0.1, -0.05) is 30.3 Å². The van der Waals surface area contributed by atoms with E-state index in [-0.39, 0.29) is 5.91 Å². The van der Waals surface area contributed by atoms with Crippen LogP contribution in [0, 0.1) is 0 Å². The third-order valence-corrected chi connectivity index (χ3v) is 8.00. The number of sulfonamides is 1. The van der Waals surface area contributed by atoms with Gasteiger partial charge in [0.1, 0.15) is 0 Å². The SMILES string of the molecule is CN1CCN(C(=O)c2cccc(CN3CCN(S(=O)(=O)c4ccccc4)CC3)c2)CC1. The lowest BCUT2D eigenvalue weighted by Crippen LogP contribution is -2.48. The van der Waals surface area contributed by atoms with Crippen molar-refractivity contribution >= 4 is 15.9 Å². The first kappa shape index (κ1) is 22.0. The maximum Gasteiger partial charge on any atom is 0.253 e. The summed E-state index contributed by atoms with van der Waals surface area (Å²) in [6.07, 6.45) is 0. The zero-order chi connectivity index (χ0) is 21.8. The van der Waals surface area contributed by atoms with Gasteiger partial charge in [0.15, 0.2) is 0 Å². The highest BCUT2D eigenvalue weighted by Crippen LogP contribution is 2.19. The number of carbonyl (C=O) groups is 1. The number of likely N-dealkylation sites (N-methyl/N-ethyl adjacent to an activating group) is 1. The van der Waals surface area contributed by atoms with Crippen LogP contribution in [0.5, 0.6) is 0 Å². The van der Waals surface area contributed by atoms with E-state index in [9.17, 15) is 13.2 Å². The standard InChI is InChI=1S/C23H30N4O3S/c1-24-10-14-26(15-11-24)23(28)21-7-5-6-20(18-21)19-25-12-16-27(17-13-25)31(29,30)22-8-3-2-4-9-22/h2-9,18H,10-17,19H2,1H3. The fourth-order valence-corrected chi connectivity index (χ4v) is 5.57. The molecular weight excluding hydrogens is 412 g/mol. The van der Waals surface area contributed by atoms with E-state index in [1.807, 2.05) is 35.2 Å². The summed E-state index contributed by atoms with van der Waals surface area (Å²) < 4.78 is 27.2. The number of nitrogens with zero attached hydrogens (tertiary/aromatic N) is 4. The molecule has 0 N–H and O–H groups in total. The van der Waals surface area contributed by atoms with E-state index in [4.69, 9.17) is 0 Å². The van der Waals surface area contributed by atoms with Crippen LogP contribution in [0.2, 0.25) is 0 Å². The van der Waals surface area contributed by atoms with E-state index in [0.29, 0.717) is 37.6 Å². The van der Waals surface area contributed by atoms with Crippen molar-refractivity contribution in [3.05, 3.63) is 65.7 Å². The predicted molar refractivity (Wildman–Crippen MR) is 120 cm³/mol. The van der Waals surface area contributed by atoms with Gasteiger partial charge in [-0.25, -0.2) is 8.42 Å². The molecule has 2 aromatic rings. The molecular formula is C23H30N4O3S. The predicted octanol–water partition coefficient (Wildman–Crippen LogP) is 1.58. The fraction of sp³-hybridized carbons (Fsp3) is 0.435. The largest absolute Gasteiger partial charge is 0.336 e. The van der Waals surface area contributed by atoms with Crippen LogP contribution in [0.4, 0.5) is 0 Å². The third-order valence-electron chi connectivity index (χ3n) is 6.08. The normalized spacial score (nSPS) is 19.5. The van der Waals surface area contributed by atoms with E-state index in [2.05, 4.69) is 16.8 Å². The van der Waals surface area contributed by atoms with Crippen molar-refractivity contribution in [1.29, 1.82) is 0 Å². The van der Waals surface area contributed by atoms with Crippen LogP contribution >= 0.6 is 0 Å². The Kier molecular flexibility index (Phi) is 6.71. The maximum atomic E-state index is 12.9. The van der Waals surface area contributed by atoms with E-state index in [1.165, 1.54) is 0 Å².